The highest BCUT2D eigenvalue weighted by Crippen LogP contribution is 2.38. The van der Waals surface area contributed by atoms with E-state index in [-0.39, 0.29) is 11.7 Å². The summed E-state index contributed by atoms with van der Waals surface area (Å²) in [5.41, 5.74) is 1.26. The number of benzene rings is 2. The van der Waals surface area contributed by atoms with Gasteiger partial charge in [0, 0.05) is 12.1 Å². The van der Waals surface area contributed by atoms with Crippen LogP contribution in [0.2, 0.25) is 0 Å². The molecule has 1 aliphatic rings. The van der Waals surface area contributed by atoms with Crippen molar-refractivity contribution in [3.05, 3.63) is 53.8 Å². The second kappa shape index (κ2) is 7.15. The lowest BCUT2D eigenvalue weighted by atomic mass is 10.0. The maximum Gasteiger partial charge on any atom is 0.259 e. The Bertz CT molecular complexity index is 835. The maximum absolute atomic E-state index is 14.0. The lowest BCUT2D eigenvalue weighted by Gasteiger charge is -2.41. The normalized spacial score (nSPS) is 16.6. The van der Waals surface area contributed by atoms with E-state index in [1.807, 2.05) is 13.8 Å². The molecule has 2 amide bonds. The highest BCUT2D eigenvalue weighted by atomic mass is 19.1. The number of phenolic OH excluding ortho intramolecular Hbond substituents is 1. The maximum atomic E-state index is 14.0. The Morgan fingerprint density at radius 1 is 1.12 bits per heavy atom. The molecule has 1 atom stereocenters. The van der Waals surface area contributed by atoms with Gasteiger partial charge in [0.25, 0.3) is 5.91 Å². The molecular weight excluding hydrogens is 335 g/mol. The van der Waals surface area contributed by atoms with Gasteiger partial charge >= 0.3 is 0 Å². The predicted octanol–water partition coefficient (Wildman–Crippen LogP) is 3.71. The number of phenols is 1. The molecule has 0 radical (unpaired) electrons. The van der Waals surface area contributed by atoms with Gasteiger partial charge in [0.1, 0.15) is 17.6 Å². The van der Waals surface area contributed by atoms with Gasteiger partial charge in [-0.2, -0.15) is 0 Å². The van der Waals surface area contributed by atoms with Crippen LogP contribution in [0.25, 0.3) is 0 Å². The molecule has 0 aromatic heterocycles. The van der Waals surface area contributed by atoms with E-state index in [1.54, 1.807) is 11.0 Å². The molecule has 0 aliphatic carbocycles. The molecule has 136 valence electrons. The van der Waals surface area contributed by atoms with Crippen LogP contribution in [0.5, 0.6) is 5.75 Å². The van der Waals surface area contributed by atoms with Gasteiger partial charge in [-0.25, -0.2) is 4.39 Å². The Morgan fingerprint density at radius 3 is 2.42 bits per heavy atom. The molecule has 6 heteroatoms. The summed E-state index contributed by atoms with van der Waals surface area (Å²) in [5, 5.41) is 9.44. The van der Waals surface area contributed by atoms with Crippen LogP contribution in [0.15, 0.2) is 42.5 Å². The molecule has 1 heterocycles. The molecule has 26 heavy (non-hydrogen) atoms. The number of carbonyl (C=O) groups is 2. The number of anilines is 2. The van der Waals surface area contributed by atoms with Crippen molar-refractivity contribution in [3.63, 3.8) is 0 Å². The predicted molar refractivity (Wildman–Crippen MR) is 98.0 cm³/mol. The van der Waals surface area contributed by atoms with Crippen LogP contribution in [0.4, 0.5) is 15.8 Å². The summed E-state index contributed by atoms with van der Waals surface area (Å²) in [6.45, 7) is 4.30. The third-order valence-corrected chi connectivity index (χ3v) is 4.52. The van der Waals surface area contributed by atoms with Gasteiger partial charge in [-0.05, 0) is 55.3 Å². The minimum Gasteiger partial charge on any atom is -0.508 e. The van der Waals surface area contributed by atoms with Crippen LogP contribution < -0.4 is 9.80 Å². The monoisotopic (exact) mass is 356 g/mol. The average molecular weight is 356 g/mol. The first kappa shape index (κ1) is 17.9. The van der Waals surface area contributed by atoms with Crippen molar-refractivity contribution in [3.8, 4) is 5.75 Å². The molecule has 0 spiro atoms. The molecule has 0 unspecified atom stereocenters. The molecular formula is C20H21FN2O3. The molecule has 2 aromatic carbocycles. The van der Waals surface area contributed by atoms with Gasteiger partial charge in [0.05, 0.1) is 11.4 Å². The van der Waals surface area contributed by atoms with Crippen LogP contribution in [-0.4, -0.2) is 29.5 Å². The minimum atomic E-state index is -0.697. The van der Waals surface area contributed by atoms with E-state index in [0.29, 0.717) is 29.9 Å². The first-order valence-corrected chi connectivity index (χ1v) is 8.71. The Morgan fingerprint density at radius 2 is 1.81 bits per heavy atom. The summed E-state index contributed by atoms with van der Waals surface area (Å²) in [5.74, 6) is -0.981. The Balaban J connectivity index is 2.14. The molecule has 3 rings (SSSR count). The lowest BCUT2D eigenvalue weighted by Crippen LogP contribution is -2.55. The summed E-state index contributed by atoms with van der Waals surface area (Å²) in [6.07, 6.45) is 1.17. The molecule has 0 fully saturated rings. The zero-order valence-corrected chi connectivity index (χ0v) is 14.8. The summed E-state index contributed by atoms with van der Waals surface area (Å²) in [7, 11) is 0. The molecule has 0 saturated heterocycles. The quantitative estimate of drug-likeness (QED) is 0.908. The van der Waals surface area contributed by atoms with E-state index in [9.17, 15) is 19.1 Å². The first-order chi connectivity index (χ1) is 12.5. The van der Waals surface area contributed by atoms with Crippen molar-refractivity contribution in [2.45, 2.75) is 32.7 Å². The summed E-state index contributed by atoms with van der Waals surface area (Å²) < 4.78 is 14.0. The van der Waals surface area contributed by atoms with Crippen molar-refractivity contribution in [2.24, 2.45) is 0 Å². The van der Waals surface area contributed by atoms with Crippen LogP contribution >= 0.6 is 0 Å². The summed E-state index contributed by atoms with van der Waals surface area (Å²) >= 11 is 0. The number of rotatable bonds is 4. The van der Waals surface area contributed by atoms with E-state index >= 15 is 0 Å². The van der Waals surface area contributed by atoms with Crippen molar-refractivity contribution < 1.29 is 19.1 Å². The fourth-order valence-electron chi connectivity index (χ4n) is 3.30. The Labute approximate surface area is 151 Å². The molecule has 1 N–H and O–H groups in total. The van der Waals surface area contributed by atoms with Crippen LogP contribution in [0, 0.1) is 5.82 Å². The van der Waals surface area contributed by atoms with E-state index in [0.717, 1.165) is 6.42 Å². The molecule has 0 bridgehead atoms. The number of fused-ring (bicyclic) bond motifs is 1. The Hall–Kier alpha value is -2.89. The number of carbonyl (C=O) groups excluding carboxylic acids is 2. The smallest absolute Gasteiger partial charge is 0.259 e. The number of hydrogen-bond acceptors (Lipinski definition) is 3. The third kappa shape index (κ3) is 3.03. The fourth-order valence-corrected chi connectivity index (χ4v) is 3.30. The minimum absolute atomic E-state index is 0.0453. The standard InChI is InChI=1S/C20H21FN2O3/c1-3-11-22-17-10-7-14(21)12-18(17)23(16(4-2)20(22)26)19(25)13-5-8-15(24)9-6-13/h5-10,12,16,24H,3-4,11H2,1-2H3/t16-/m1/s1. The van der Waals surface area contributed by atoms with Crippen molar-refractivity contribution in [1.82, 2.24) is 0 Å². The van der Waals surface area contributed by atoms with E-state index in [1.165, 1.54) is 41.3 Å². The highest BCUT2D eigenvalue weighted by Gasteiger charge is 2.40. The molecule has 1 aliphatic heterocycles. The average Bonchev–Trinajstić information content (AvgIpc) is 2.63. The van der Waals surface area contributed by atoms with Crippen LogP contribution in [0.3, 0.4) is 0 Å². The third-order valence-electron chi connectivity index (χ3n) is 4.52. The largest absolute Gasteiger partial charge is 0.508 e. The number of halogens is 1. The topological polar surface area (TPSA) is 60.9 Å². The van der Waals surface area contributed by atoms with Gasteiger partial charge in [-0.15, -0.1) is 0 Å². The van der Waals surface area contributed by atoms with Crippen LogP contribution in [-0.2, 0) is 4.79 Å². The SMILES string of the molecule is CCCN1C(=O)[C@@H](CC)N(C(=O)c2ccc(O)cc2)c2cc(F)ccc21. The van der Waals surface area contributed by atoms with Gasteiger partial charge in [-0.1, -0.05) is 13.8 Å². The summed E-state index contributed by atoms with van der Waals surface area (Å²) in [6, 6.07) is 9.25. The first-order valence-electron chi connectivity index (χ1n) is 8.71. The zero-order valence-electron chi connectivity index (χ0n) is 14.8. The molecule has 0 saturated carbocycles. The number of aromatic hydroxyl groups is 1. The van der Waals surface area contributed by atoms with E-state index in [2.05, 4.69) is 0 Å². The van der Waals surface area contributed by atoms with Crippen molar-refractivity contribution in [1.29, 1.82) is 0 Å². The van der Waals surface area contributed by atoms with Crippen molar-refractivity contribution >= 4 is 23.2 Å². The number of amides is 2. The fraction of sp³-hybridized carbons (Fsp3) is 0.300. The highest BCUT2D eigenvalue weighted by molar-refractivity contribution is 6.17. The van der Waals surface area contributed by atoms with Crippen molar-refractivity contribution in [2.75, 3.05) is 16.3 Å². The van der Waals surface area contributed by atoms with E-state index in [4.69, 9.17) is 0 Å². The van der Waals surface area contributed by atoms with Crippen LogP contribution in [0.1, 0.15) is 37.0 Å². The Kier molecular flexibility index (Phi) is 4.93. The number of hydrogen-bond donors (Lipinski definition) is 1. The summed E-state index contributed by atoms with van der Waals surface area (Å²) in [4.78, 5) is 29.1. The molecule has 5 nitrogen and oxygen atoms in total. The van der Waals surface area contributed by atoms with Gasteiger partial charge in [0.15, 0.2) is 0 Å². The second-order valence-corrected chi connectivity index (χ2v) is 6.27. The van der Waals surface area contributed by atoms with Gasteiger partial charge in [-0.3, -0.25) is 14.5 Å². The molecule has 2 aromatic rings. The second-order valence-electron chi connectivity index (χ2n) is 6.27. The zero-order chi connectivity index (χ0) is 18.8. The lowest BCUT2D eigenvalue weighted by molar-refractivity contribution is -0.120. The van der Waals surface area contributed by atoms with E-state index < -0.39 is 17.8 Å². The van der Waals surface area contributed by atoms with Gasteiger partial charge < -0.3 is 10.0 Å². The number of nitrogens with zero attached hydrogens (tertiary/aromatic N) is 2. The van der Waals surface area contributed by atoms with Gasteiger partial charge in [0.2, 0.25) is 5.91 Å².